The quantitative estimate of drug-likeness (QED) is 0.511. The first-order chi connectivity index (χ1) is 13.3. The number of hydrogen-bond donors (Lipinski definition) is 4. The van der Waals surface area contributed by atoms with Crippen LogP contribution in [0.15, 0.2) is 48.7 Å². The van der Waals surface area contributed by atoms with Gasteiger partial charge in [-0.1, -0.05) is 29.8 Å². The Kier molecular flexibility index (Phi) is 5.65. The molecule has 0 saturated carbocycles. The number of amides is 3. The fourth-order valence-corrected chi connectivity index (χ4v) is 3.27. The number of anilines is 1. The predicted molar refractivity (Wildman–Crippen MR) is 108 cm³/mol. The van der Waals surface area contributed by atoms with E-state index in [-0.39, 0.29) is 16.5 Å². The van der Waals surface area contributed by atoms with Crippen LogP contribution in [0.5, 0.6) is 0 Å². The molecule has 7 nitrogen and oxygen atoms in total. The van der Waals surface area contributed by atoms with Crippen molar-refractivity contribution in [2.45, 2.75) is 19.4 Å². The Morgan fingerprint density at radius 1 is 1.18 bits per heavy atom. The molecule has 2 aromatic carbocycles. The van der Waals surface area contributed by atoms with Gasteiger partial charge in [0.25, 0.3) is 0 Å². The summed E-state index contributed by atoms with van der Waals surface area (Å²) in [5, 5.41) is 6.51. The molecule has 1 aromatic heterocycles. The van der Waals surface area contributed by atoms with Crippen molar-refractivity contribution in [2.75, 3.05) is 5.32 Å². The maximum Gasteiger partial charge on any atom is 0.250 e. The van der Waals surface area contributed by atoms with E-state index in [1.165, 1.54) is 25.1 Å². The molecular formula is C20H19ClN4O3. The van der Waals surface area contributed by atoms with Gasteiger partial charge in [0.2, 0.25) is 17.7 Å². The van der Waals surface area contributed by atoms with Crippen molar-refractivity contribution in [3.8, 4) is 0 Å². The number of halogens is 1. The molecule has 3 aromatic rings. The van der Waals surface area contributed by atoms with Crippen LogP contribution in [0.3, 0.4) is 0 Å². The molecule has 0 radical (unpaired) electrons. The van der Waals surface area contributed by atoms with Gasteiger partial charge in [0.15, 0.2) is 0 Å². The minimum absolute atomic E-state index is 0.137. The van der Waals surface area contributed by atoms with Crippen LogP contribution in [0.2, 0.25) is 5.02 Å². The van der Waals surface area contributed by atoms with Crippen LogP contribution < -0.4 is 16.4 Å². The van der Waals surface area contributed by atoms with E-state index < -0.39 is 17.9 Å². The fraction of sp³-hybridized carbons (Fsp3) is 0.150. The van der Waals surface area contributed by atoms with Crippen molar-refractivity contribution in [1.82, 2.24) is 10.3 Å². The van der Waals surface area contributed by atoms with E-state index in [0.29, 0.717) is 12.1 Å². The summed E-state index contributed by atoms with van der Waals surface area (Å²) in [4.78, 5) is 38.8. The number of H-pyrrole nitrogens is 1. The molecule has 28 heavy (non-hydrogen) atoms. The van der Waals surface area contributed by atoms with E-state index in [4.69, 9.17) is 17.3 Å². The lowest BCUT2D eigenvalue weighted by Gasteiger charge is -2.18. The van der Waals surface area contributed by atoms with Gasteiger partial charge in [-0.3, -0.25) is 14.4 Å². The summed E-state index contributed by atoms with van der Waals surface area (Å²) >= 11 is 6.03. The molecule has 0 aliphatic carbocycles. The highest BCUT2D eigenvalue weighted by atomic mass is 35.5. The largest absolute Gasteiger partial charge is 0.366 e. The molecule has 1 unspecified atom stereocenters. The van der Waals surface area contributed by atoms with Crippen LogP contribution in [0.4, 0.5) is 5.69 Å². The third-order valence-corrected chi connectivity index (χ3v) is 4.61. The van der Waals surface area contributed by atoms with E-state index in [1.807, 2.05) is 30.5 Å². The molecule has 0 aliphatic rings. The third-order valence-electron chi connectivity index (χ3n) is 4.30. The Labute approximate surface area is 166 Å². The first-order valence-electron chi connectivity index (χ1n) is 8.57. The molecule has 8 heteroatoms. The minimum atomic E-state index is -0.786. The number of aromatic amines is 1. The Hall–Kier alpha value is -3.32. The summed E-state index contributed by atoms with van der Waals surface area (Å²) in [6.07, 6.45) is 2.13. The van der Waals surface area contributed by atoms with Gasteiger partial charge in [0.05, 0.1) is 10.6 Å². The normalized spacial score (nSPS) is 11.8. The highest BCUT2D eigenvalue weighted by molar-refractivity contribution is 6.34. The van der Waals surface area contributed by atoms with Crippen molar-refractivity contribution >= 4 is 45.9 Å². The van der Waals surface area contributed by atoms with Gasteiger partial charge < -0.3 is 21.4 Å². The zero-order chi connectivity index (χ0) is 20.3. The standard InChI is InChI=1S/C20H19ClN4O3/c1-11(26)24-18(8-12-10-23-17-5-3-2-4-14(12)17)20(28)25-13-6-7-15(19(22)27)16(21)9-13/h2-7,9-10,18,23H,8H2,1H3,(H2,22,27)(H,24,26)(H,25,28). The molecule has 3 rings (SSSR count). The third kappa shape index (κ3) is 4.32. The van der Waals surface area contributed by atoms with Gasteiger partial charge >= 0.3 is 0 Å². The summed E-state index contributed by atoms with van der Waals surface area (Å²) in [5.41, 5.74) is 7.65. The molecular weight excluding hydrogens is 380 g/mol. The second-order valence-electron chi connectivity index (χ2n) is 6.36. The molecule has 0 aliphatic heterocycles. The number of benzene rings is 2. The second kappa shape index (κ2) is 8.14. The fourth-order valence-electron chi connectivity index (χ4n) is 3.00. The highest BCUT2D eigenvalue weighted by Crippen LogP contribution is 2.22. The lowest BCUT2D eigenvalue weighted by Crippen LogP contribution is -2.44. The SMILES string of the molecule is CC(=O)NC(Cc1c[nH]c2ccccc12)C(=O)Nc1ccc(C(N)=O)c(Cl)c1. The summed E-state index contributed by atoms with van der Waals surface area (Å²) in [7, 11) is 0. The maximum atomic E-state index is 12.8. The minimum Gasteiger partial charge on any atom is -0.366 e. The van der Waals surface area contributed by atoms with Crippen LogP contribution in [0, 0.1) is 0 Å². The second-order valence-corrected chi connectivity index (χ2v) is 6.77. The van der Waals surface area contributed by atoms with Gasteiger partial charge in [-0.25, -0.2) is 0 Å². The summed E-state index contributed by atoms with van der Waals surface area (Å²) in [6, 6.07) is 11.3. The lowest BCUT2D eigenvalue weighted by molar-refractivity contribution is -0.125. The zero-order valence-corrected chi connectivity index (χ0v) is 15.8. The Bertz CT molecular complexity index is 1060. The van der Waals surface area contributed by atoms with E-state index in [1.54, 1.807) is 0 Å². The molecule has 0 fully saturated rings. The van der Waals surface area contributed by atoms with E-state index in [9.17, 15) is 14.4 Å². The molecule has 5 N–H and O–H groups in total. The van der Waals surface area contributed by atoms with E-state index in [0.717, 1.165) is 16.5 Å². The molecule has 1 atom stereocenters. The molecule has 0 spiro atoms. The summed E-state index contributed by atoms with van der Waals surface area (Å²) in [5.74, 6) is -1.37. The lowest BCUT2D eigenvalue weighted by atomic mass is 10.0. The van der Waals surface area contributed by atoms with Gasteiger partial charge in [0.1, 0.15) is 6.04 Å². The number of nitrogens with two attached hydrogens (primary N) is 1. The van der Waals surface area contributed by atoms with Gasteiger partial charge in [-0.05, 0) is 29.8 Å². The maximum absolute atomic E-state index is 12.8. The Balaban J connectivity index is 1.81. The molecule has 1 heterocycles. The number of carbonyl (C=O) groups is 3. The number of para-hydroxylation sites is 1. The number of rotatable bonds is 6. The zero-order valence-electron chi connectivity index (χ0n) is 15.1. The van der Waals surface area contributed by atoms with Gasteiger partial charge in [-0.2, -0.15) is 0 Å². The van der Waals surface area contributed by atoms with Crippen molar-refractivity contribution < 1.29 is 14.4 Å². The van der Waals surface area contributed by atoms with E-state index in [2.05, 4.69) is 15.6 Å². The van der Waals surface area contributed by atoms with E-state index >= 15 is 0 Å². The predicted octanol–water partition coefficient (Wildman–Crippen LogP) is 2.61. The van der Waals surface area contributed by atoms with Crippen molar-refractivity contribution in [2.24, 2.45) is 5.73 Å². The first-order valence-corrected chi connectivity index (χ1v) is 8.95. The Morgan fingerprint density at radius 3 is 2.61 bits per heavy atom. The van der Waals surface area contributed by atoms with Crippen LogP contribution >= 0.6 is 11.6 Å². The molecule has 0 bridgehead atoms. The summed E-state index contributed by atoms with van der Waals surface area (Å²) < 4.78 is 0. The van der Waals surface area contributed by atoms with Crippen LogP contribution in [-0.2, 0) is 16.0 Å². The van der Waals surface area contributed by atoms with Crippen LogP contribution in [0.25, 0.3) is 10.9 Å². The molecule has 0 saturated heterocycles. The number of primary amides is 1. The van der Waals surface area contributed by atoms with Gasteiger partial charge in [0, 0.05) is 36.1 Å². The summed E-state index contributed by atoms with van der Waals surface area (Å²) in [6.45, 7) is 1.36. The average molecular weight is 399 g/mol. The van der Waals surface area contributed by atoms with Crippen molar-refractivity contribution in [3.05, 3.63) is 64.8 Å². The first kappa shape index (κ1) is 19.4. The Morgan fingerprint density at radius 2 is 1.93 bits per heavy atom. The van der Waals surface area contributed by atoms with Gasteiger partial charge in [-0.15, -0.1) is 0 Å². The van der Waals surface area contributed by atoms with Crippen molar-refractivity contribution in [1.29, 1.82) is 0 Å². The number of fused-ring (bicyclic) bond motifs is 1. The van der Waals surface area contributed by atoms with Crippen LogP contribution in [-0.4, -0.2) is 28.7 Å². The topological polar surface area (TPSA) is 117 Å². The smallest absolute Gasteiger partial charge is 0.250 e. The molecule has 144 valence electrons. The monoisotopic (exact) mass is 398 g/mol. The number of hydrogen-bond acceptors (Lipinski definition) is 3. The number of carbonyl (C=O) groups excluding carboxylic acids is 3. The number of aromatic nitrogens is 1. The molecule has 3 amide bonds. The van der Waals surface area contributed by atoms with Crippen LogP contribution in [0.1, 0.15) is 22.8 Å². The van der Waals surface area contributed by atoms with Crippen molar-refractivity contribution in [3.63, 3.8) is 0 Å². The number of nitrogens with one attached hydrogen (secondary N) is 3. The average Bonchev–Trinajstić information content (AvgIpc) is 3.03. The highest BCUT2D eigenvalue weighted by Gasteiger charge is 2.22.